The van der Waals surface area contributed by atoms with Crippen molar-refractivity contribution in [2.45, 2.75) is 40.2 Å². The number of carbonyl (C=O) groups excluding carboxylic acids is 1. The average molecular weight is 219 g/mol. The molecule has 0 aromatic heterocycles. The highest BCUT2D eigenvalue weighted by Gasteiger charge is 2.06. The summed E-state index contributed by atoms with van der Waals surface area (Å²) in [6.07, 6.45) is 0.570. The van der Waals surface area contributed by atoms with Crippen LogP contribution in [-0.4, -0.2) is 18.4 Å². The zero-order chi connectivity index (χ0) is 12.1. The van der Waals surface area contributed by atoms with Gasteiger partial charge >= 0.3 is 0 Å². The highest BCUT2D eigenvalue weighted by Crippen LogP contribution is 2.11. The molecule has 0 aliphatic carbocycles. The minimum absolute atomic E-state index is 0.219. The van der Waals surface area contributed by atoms with Gasteiger partial charge in [0, 0.05) is 24.6 Å². The van der Waals surface area contributed by atoms with Gasteiger partial charge in [-0.05, 0) is 31.0 Å². The number of hydrogen-bond donors (Lipinski definition) is 1. The number of benzene rings is 1. The van der Waals surface area contributed by atoms with E-state index in [1.165, 1.54) is 11.1 Å². The van der Waals surface area contributed by atoms with Gasteiger partial charge in [0.1, 0.15) is 0 Å². The van der Waals surface area contributed by atoms with E-state index in [2.05, 4.69) is 26.1 Å². The molecule has 0 atom stereocenters. The van der Waals surface area contributed by atoms with Crippen LogP contribution in [-0.2, 0) is 0 Å². The molecule has 0 heterocycles. The second-order valence-corrected chi connectivity index (χ2v) is 4.58. The molecule has 0 fully saturated rings. The van der Waals surface area contributed by atoms with Crippen molar-refractivity contribution in [3.05, 3.63) is 34.9 Å². The van der Waals surface area contributed by atoms with E-state index >= 15 is 0 Å². The Kier molecular flexibility index (Phi) is 4.69. The van der Waals surface area contributed by atoms with E-state index in [1.807, 2.05) is 25.1 Å². The van der Waals surface area contributed by atoms with Crippen molar-refractivity contribution in [2.75, 3.05) is 6.54 Å². The molecule has 0 unspecified atom stereocenters. The Balaban J connectivity index is 2.56. The summed E-state index contributed by atoms with van der Waals surface area (Å²) in [6.45, 7) is 9.02. The van der Waals surface area contributed by atoms with Crippen LogP contribution in [0.1, 0.15) is 41.8 Å². The molecule has 0 amide bonds. The molecule has 1 aromatic carbocycles. The molecule has 0 aliphatic rings. The van der Waals surface area contributed by atoms with Gasteiger partial charge in [-0.25, -0.2) is 0 Å². The second kappa shape index (κ2) is 5.80. The maximum atomic E-state index is 11.8. The fourth-order valence-electron chi connectivity index (χ4n) is 1.53. The molecule has 2 heteroatoms. The molecule has 0 bridgehead atoms. The largest absolute Gasteiger partial charge is 0.314 e. The summed E-state index contributed by atoms with van der Waals surface area (Å²) in [4.78, 5) is 11.8. The van der Waals surface area contributed by atoms with Crippen LogP contribution in [0.25, 0.3) is 0 Å². The average Bonchev–Trinajstić information content (AvgIpc) is 2.21. The van der Waals surface area contributed by atoms with Crippen molar-refractivity contribution in [2.24, 2.45) is 0 Å². The molecule has 0 saturated carbocycles. The molecule has 88 valence electrons. The maximum absolute atomic E-state index is 11.8. The maximum Gasteiger partial charge on any atom is 0.164 e. The highest BCUT2D eigenvalue weighted by molar-refractivity contribution is 5.96. The molecular formula is C14H21NO. The molecule has 2 nitrogen and oxygen atoms in total. The van der Waals surface area contributed by atoms with Crippen LogP contribution in [0.5, 0.6) is 0 Å². The van der Waals surface area contributed by atoms with Gasteiger partial charge in [-0.1, -0.05) is 26.0 Å². The number of aryl methyl sites for hydroxylation is 2. The van der Waals surface area contributed by atoms with Crippen molar-refractivity contribution in [1.82, 2.24) is 5.32 Å². The van der Waals surface area contributed by atoms with Crippen LogP contribution in [0.2, 0.25) is 0 Å². The van der Waals surface area contributed by atoms with Crippen LogP contribution in [0.15, 0.2) is 18.2 Å². The van der Waals surface area contributed by atoms with Gasteiger partial charge in [0.05, 0.1) is 0 Å². The molecule has 1 N–H and O–H groups in total. The molecule has 1 rings (SSSR count). The van der Waals surface area contributed by atoms with Crippen molar-refractivity contribution < 1.29 is 4.79 Å². The number of ketones is 1. The van der Waals surface area contributed by atoms with Gasteiger partial charge in [0.2, 0.25) is 0 Å². The fourth-order valence-corrected chi connectivity index (χ4v) is 1.53. The SMILES string of the molecule is Cc1ccc(C(=O)CCNC(C)C)cc1C. The van der Waals surface area contributed by atoms with Crippen molar-refractivity contribution in [3.8, 4) is 0 Å². The predicted molar refractivity (Wildman–Crippen MR) is 68.0 cm³/mol. The van der Waals surface area contributed by atoms with E-state index in [4.69, 9.17) is 0 Å². The molecule has 0 saturated heterocycles. The Labute approximate surface area is 98.1 Å². The summed E-state index contributed by atoms with van der Waals surface area (Å²) >= 11 is 0. The lowest BCUT2D eigenvalue weighted by Gasteiger charge is -2.08. The van der Waals surface area contributed by atoms with E-state index < -0.39 is 0 Å². The minimum Gasteiger partial charge on any atom is -0.314 e. The van der Waals surface area contributed by atoms with E-state index in [1.54, 1.807) is 0 Å². The van der Waals surface area contributed by atoms with Crippen molar-refractivity contribution in [1.29, 1.82) is 0 Å². The summed E-state index contributed by atoms with van der Waals surface area (Å²) in [6, 6.07) is 6.35. The lowest BCUT2D eigenvalue weighted by atomic mass is 10.0. The normalized spacial score (nSPS) is 10.8. The zero-order valence-electron chi connectivity index (χ0n) is 10.6. The van der Waals surface area contributed by atoms with Crippen LogP contribution < -0.4 is 5.32 Å². The van der Waals surface area contributed by atoms with Crippen LogP contribution in [0.3, 0.4) is 0 Å². The number of hydrogen-bond acceptors (Lipinski definition) is 2. The topological polar surface area (TPSA) is 29.1 Å². The molecule has 16 heavy (non-hydrogen) atoms. The molecule has 1 aromatic rings. The van der Waals surface area contributed by atoms with E-state index in [-0.39, 0.29) is 5.78 Å². The standard InChI is InChI=1S/C14H21NO/c1-10(2)15-8-7-14(16)13-6-5-11(3)12(4)9-13/h5-6,9-10,15H,7-8H2,1-4H3. The predicted octanol–water partition coefficient (Wildman–Crippen LogP) is 2.87. The first-order valence-corrected chi connectivity index (χ1v) is 5.84. The van der Waals surface area contributed by atoms with Gasteiger partial charge in [-0.3, -0.25) is 4.79 Å². The van der Waals surface area contributed by atoms with Crippen molar-refractivity contribution in [3.63, 3.8) is 0 Å². The fraction of sp³-hybridized carbons (Fsp3) is 0.500. The molecule has 0 aliphatic heterocycles. The smallest absolute Gasteiger partial charge is 0.164 e. The zero-order valence-corrected chi connectivity index (χ0v) is 10.6. The van der Waals surface area contributed by atoms with Crippen molar-refractivity contribution >= 4 is 5.78 Å². The van der Waals surface area contributed by atoms with Gasteiger partial charge < -0.3 is 5.32 Å². The van der Waals surface area contributed by atoms with Crippen LogP contribution in [0.4, 0.5) is 0 Å². The minimum atomic E-state index is 0.219. The van der Waals surface area contributed by atoms with E-state index in [0.29, 0.717) is 12.5 Å². The Bertz CT molecular complexity index is 369. The third kappa shape index (κ3) is 3.78. The third-order valence-electron chi connectivity index (χ3n) is 2.73. The lowest BCUT2D eigenvalue weighted by Crippen LogP contribution is -2.25. The quantitative estimate of drug-likeness (QED) is 0.771. The Morgan fingerprint density at radius 2 is 1.94 bits per heavy atom. The Morgan fingerprint density at radius 1 is 1.25 bits per heavy atom. The summed E-state index contributed by atoms with van der Waals surface area (Å²) < 4.78 is 0. The summed E-state index contributed by atoms with van der Waals surface area (Å²) in [5, 5.41) is 3.25. The van der Waals surface area contributed by atoms with Gasteiger partial charge in [0.25, 0.3) is 0 Å². The van der Waals surface area contributed by atoms with Crippen LogP contribution in [0, 0.1) is 13.8 Å². The van der Waals surface area contributed by atoms with E-state index in [9.17, 15) is 4.79 Å². The Hall–Kier alpha value is -1.15. The van der Waals surface area contributed by atoms with Gasteiger partial charge in [-0.15, -0.1) is 0 Å². The first-order chi connectivity index (χ1) is 7.50. The second-order valence-electron chi connectivity index (χ2n) is 4.58. The summed E-state index contributed by atoms with van der Waals surface area (Å²) in [5.41, 5.74) is 3.24. The van der Waals surface area contributed by atoms with E-state index in [0.717, 1.165) is 12.1 Å². The third-order valence-corrected chi connectivity index (χ3v) is 2.73. The monoisotopic (exact) mass is 219 g/mol. The molecular weight excluding hydrogens is 198 g/mol. The summed E-state index contributed by atoms with van der Waals surface area (Å²) in [7, 11) is 0. The number of nitrogens with one attached hydrogen (secondary N) is 1. The molecule has 0 radical (unpaired) electrons. The molecule has 0 spiro atoms. The highest BCUT2D eigenvalue weighted by atomic mass is 16.1. The number of Topliss-reactive ketones (excluding diaryl/α,β-unsaturated/α-hetero) is 1. The van der Waals surface area contributed by atoms with Crippen LogP contribution >= 0.6 is 0 Å². The number of rotatable bonds is 5. The Morgan fingerprint density at radius 3 is 2.50 bits per heavy atom. The van der Waals surface area contributed by atoms with Gasteiger partial charge in [0.15, 0.2) is 5.78 Å². The first-order valence-electron chi connectivity index (χ1n) is 5.84. The lowest BCUT2D eigenvalue weighted by molar-refractivity contribution is 0.0982. The van der Waals surface area contributed by atoms with Gasteiger partial charge in [-0.2, -0.15) is 0 Å². The number of carbonyl (C=O) groups is 1. The first kappa shape index (κ1) is 12.9. The summed E-state index contributed by atoms with van der Waals surface area (Å²) in [5.74, 6) is 0.219.